The zero-order chi connectivity index (χ0) is 18.4. The molecule has 2 fully saturated rings. The van der Waals surface area contributed by atoms with E-state index in [9.17, 15) is 0 Å². The van der Waals surface area contributed by atoms with Crippen molar-refractivity contribution in [1.82, 2.24) is 4.90 Å². The molecule has 3 nitrogen and oxygen atoms in total. The normalized spacial score (nSPS) is 30.9. The molecule has 2 bridgehead atoms. The zero-order valence-corrected chi connectivity index (χ0v) is 17.7. The molecule has 1 saturated heterocycles. The third kappa shape index (κ3) is 3.49. The summed E-state index contributed by atoms with van der Waals surface area (Å²) in [4.78, 5) is 13.4. The van der Waals surface area contributed by atoms with Gasteiger partial charge in [-0.2, -0.15) is 0 Å². The molecule has 4 rings (SSSR count). The van der Waals surface area contributed by atoms with Crippen LogP contribution in [0.4, 0.5) is 5.00 Å². The second kappa shape index (κ2) is 6.78. The van der Waals surface area contributed by atoms with Crippen molar-refractivity contribution in [2.24, 2.45) is 20.8 Å². The van der Waals surface area contributed by atoms with Crippen molar-refractivity contribution in [3.8, 4) is 0 Å². The van der Waals surface area contributed by atoms with Gasteiger partial charge in [-0.25, -0.2) is 4.99 Å². The molecule has 4 heteroatoms. The highest BCUT2D eigenvalue weighted by Gasteiger charge is 2.48. The van der Waals surface area contributed by atoms with Crippen LogP contribution in [0.3, 0.4) is 0 Å². The molecule has 0 amide bonds. The van der Waals surface area contributed by atoms with Gasteiger partial charge >= 0.3 is 0 Å². The minimum atomic E-state index is 0.457. The van der Waals surface area contributed by atoms with E-state index < -0.39 is 0 Å². The molecule has 1 aliphatic heterocycles. The van der Waals surface area contributed by atoms with Crippen molar-refractivity contribution < 1.29 is 0 Å². The van der Waals surface area contributed by atoms with Gasteiger partial charge in [-0.15, -0.1) is 11.3 Å². The van der Waals surface area contributed by atoms with E-state index in [1.54, 1.807) is 4.88 Å². The van der Waals surface area contributed by atoms with Crippen molar-refractivity contribution in [2.45, 2.75) is 78.2 Å². The lowest BCUT2D eigenvalue weighted by molar-refractivity contribution is 0.133. The first-order valence-corrected chi connectivity index (χ1v) is 11.1. The van der Waals surface area contributed by atoms with Crippen LogP contribution >= 0.6 is 11.3 Å². The second-order valence-electron chi connectivity index (χ2n) is 9.80. The Hall–Kier alpha value is -1.16. The number of thiophene rings is 1. The molecule has 2 unspecified atom stereocenters. The predicted molar refractivity (Wildman–Crippen MR) is 113 cm³/mol. The van der Waals surface area contributed by atoms with Crippen LogP contribution in [0.25, 0.3) is 0 Å². The smallest absolute Gasteiger partial charge is 0.127 e. The maximum atomic E-state index is 5.01. The average Bonchev–Trinajstić information content (AvgIpc) is 2.87. The number of hydrogen-bond donors (Lipinski definition) is 0. The van der Waals surface area contributed by atoms with Crippen molar-refractivity contribution in [1.29, 1.82) is 0 Å². The third-order valence-corrected chi connectivity index (χ3v) is 7.69. The molecule has 0 N–H and O–H groups in total. The first-order chi connectivity index (χ1) is 12.4. The Kier molecular flexibility index (Phi) is 4.75. The molecule has 0 aromatic carbocycles. The topological polar surface area (TPSA) is 28.0 Å². The summed E-state index contributed by atoms with van der Waals surface area (Å²) >= 11 is 1.91. The molecule has 1 aromatic rings. The molecular weight excluding hydrogens is 338 g/mol. The molecular formula is C22H33N3S. The Morgan fingerprint density at radius 1 is 1.12 bits per heavy atom. The van der Waals surface area contributed by atoms with Gasteiger partial charge in [-0.1, -0.05) is 27.2 Å². The van der Waals surface area contributed by atoms with Gasteiger partial charge in [-0.3, -0.25) is 4.99 Å². The van der Waals surface area contributed by atoms with Crippen LogP contribution in [0, 0.1) is 10.8 Å². The zero-order valence-electron chi connectivity index (χ0n) is 16.8. The Balaban J connectivity index is 1.60. The highest BCUT2D eigenvalue weighted by atomic mass is 32.1. The third-order valence-electron chi connectivity index (χ3n) is 6.48. The molecule has 3 aliphatic rings. The summed E-state index contributed by atoms with van der Waals surface area (Å²) in [5, 5.41) is 1.17. The number of nitrogens with zero attached hydrogens (tertiary/aromatic N) is 3. The molecule has 2 heterocycles. The maximum absolute atomic E-state index is 5.01. The first kappa shape index (κ1) is 18.2. The summed E-state index contributed by atoms with van der Waals surface area (Å²) in [6, 6.07) is 0.661. The fraction of sp³-hybridized carbons (Fsp3) is 0.727. The lowest BCUT2D eigenvalue weighted by Crippen LogP contribution is -2.34. The standard InChI is InChI=1S/C22H33N3S/c1-21(2)10-16-11-22(3,13-21)14-25(16)15-24-20-18(12-23-4)17-8-6-5-7-9-19(17)26-20/h12,15-16H,5-11,13-14H2,1-4H3/b23-12+,24-15+. The van der Waals surface area contributed by atoms with Crippen LogP contribution in [0.15, 0.2) is 9.98 Å². The van der Waals surface area contributed by atoms with E-state index in [2.05, 4.69) is 37.0 Å². The van der Waals surface area contributed by atoms with E-state index in [0.717, 1.165) is 6.54 Å². The van der Waals surface area contributed by atoms with Gasteiger partial charge in [0.05, 0.1) is 6.34 Å². The summed E-state index contributed by atoms with van der Waals surface area (Å²) in [6.45, 7) is 8.50. The van der Waals surface area contributed by atoms with E-state index >= 15 is 0 Å². The number of aliphatic imine (C=N–C) groups is 2. The van der Waals surface area contributed by atoms with Gasteiger partial charge in [0.15, 0.2) is 0 Å². The van der Waals surface area contributed by atoms with E-state index in [0.29, 0.717) is 16.9 Å². The highest BCUT2D eigenvalue weighted by Crippen LogP contribution is 2.52. The van der Waals surface area contributed by atoms with E-state index in [1.165, 1.54) is 67.5 Å². The largest absolute Gasteiger partial charge is 0.359 e. The minimum absolute atomic E-state index is 0.457. The van der Waals surface area contributed by atoms with Crippen LogP contribution in [-0.4, -0.2) is 37.1 Å². The van der Waals surface area contributed by atoms with Crippen LogP contribution in [-0.2, 0) is 12.8 Å². The number of hydrogen-bond acceptors (Lipinski definition) is 3. The summed E-state index contributed by atoms with van der Waals surface area (Å²) < 4.78 is 0. The van der Waals surface area contributed by atoms with Crippen LogP contribution in [0.5, 0.6) is 0 Å². The maximum Gasteiger partial charge on any atom is 0.127 e. The van der Waals surface area contributed by atoms with Gasteiger partial charge < -0.3 is 4.90 Å². The van der Waals surface area contributed by atoms with Gasteiger partial charge in [0.1, 0.15) is 5.00 Å². The summed E-state index contributed by atoms with van der Waals surface area (Å²) in [6.07, 6.45) is 14.6. The summed E-state index contributed by atoms with van der Waals surface area (Å²) in [7, 11) is 1.88. The summed E-state index contributed by atoms with van der Waals surface area (Å²) in [5.41, 5.74) is 3.73. The van der Waals surface area contributed by atoms with Crippen molar-refractivity contribution >= 4 is 28.9 Å². The number of aryl methyl sites for hydroxylation is 1. The van der Waals surface area contributed by atoms with E-state index in [1.807, 2.05) is 24.6 Å². The Labute approximate surface area is 162 Å². The predicted octanol–water partition coefficient (Wildman–Crippen LogP) is 5.63. The molecule has 2 aliphatic carbocycles. The summed E-state index contributed by atoms with van der Waals surface area (Å²) in [5.74, 6) is 0. The lowest BCUT2D eigenvalue weighted by atomic mass is 9.65. The van der Waals surface area contributed by atoms with Crippen LogP contribution in [0.1, 0.15) is 75.3 Å². The Bertz CT molecular complexity index is 730. The van der Waals surface area contributed by atoms with Gasteiger partial charge in [-0.05, 0) is 61.3 Å². The fourth-order valence-corrected chi connectivity index (χ4v) is 7.08. The molecule has 1 saturated carbocycles. The number of fused-ring (bicyclic) bond motifs is 3. The lowest BCUT2D eigenvalue weighted by Gasteiger charge is -2.39. The number of rotatable bonds is 3. The first-order valence-electron chi connectivity index (χ1n) is 10.3. The van der Waals surface area contributed by atoms with E-state index in [4.69, 9.17) is 4.99 Å². The van der Waals surface area contributed by atoms with Crippen LogP contribution < -0.4 is 0 Å². The monoisotopic (exact) mass is 371 g/mol. The molecule has 142 valence electrons. The van der Waals surface area contributed by atoms with Crippen molar-refractivity contribution in [3.05, 3.63) is 16.0 Å². The van der Waals surface area contributed by atoms with Gasteiger partial charge in [0.2, 0.25) is 0 Å². The highest BCUT2D eigenvalue weighted by molar-refractivity contribution is 7.16. The molecule has 0 spiro atoms. The van der Waals surface area contributed by atoms with Crippen molar-refractivity contribution in [2.75, 3.05) is 13.6 Å². The quantitative estimate of drug-likeness (QED) is 0.385. The second-order valence-corrected chi connectivity index (χ2v) is 10.9. The average molecular weight is 372 g/mol. The van der Waals surface area contributed by atoms with Gasteiger partial charge in [0, 0.05) is 36.3 Å². The Morgan fingerprint density at radius 2 is 1.92 bits per heavy atom. The fourth-order valence-electron chi connectivity index (χ4n) is 5.88. The molecule has 2 atom stereocenters. The molecule has 0 radical (unpaired) electrons. The Morgan fingerprint density at radius 3 is 2.73 bits per heavy atom. The minimum Gasteiger partial charge on any atom is -0.359 e. The SMILES string of the molecule is C/N=C/c1c(/N=C/N2CC3(C)CC2CC(C)(C)C3)sc2c1CCCCC2. The van der Waals surface area contributed by atoms with Crippen LogP contribution in [0.2, 0.25) is 0 Å². The van der Waals surface area contributed by atoms with Gasteiger partial charge in [0.25, 0.3) is 0 Å². The van der Waals surface area contributed by atoms with Crippen molar-refractivity contribution in [3.63, 3.8) is 0 Å². The molecule has 1 aromatic heterocycles. The molecule has 26 heavy (non-hydrogen) atoms. The van der Waals surface area contributed by atoms with E-state index in [-0.39, 0.29) is 0 Å². The number of likely N-dealkylation sites (tertiary alicyclic amines) is 1.